The van der Waals surface area contributed by atoms with Crippen LogP contribution in [-0.4, -0.2) is 13.1 Å². The molecule has 0 fully saturated rings. The topological polar surface area (TPSA) is 90.1 Å². The summed E-state index contributed by atoms with van der Waals surface area (Å²) < 4.78 is 0. The molecule has 0 unspecified atom stereocenters. The zero-order chi connectivity index (χ0) is 19.2. The van der Waals surface area contributed by atoms with Crippen LogP contribution in [0, 0.1) is 0 Å². The van der Waals surface area contributed by atoms with Gasteiger partial charge >= 0.3 is 0 Å². The van der Waals surface area contributed by atoms with Crippen molar-refractivity contribution in [3.63, 3.8) is 0 Å². The fourth-order valence-corrected chi connectivity index (χ4v) is 3.11. The number of nitrogen functional groups attached to an aromatic ring is 2. The molecule has 3 rings (SSSR count). The third-order valence-corrected chi connectivity index (χ3v) is 4.52. The fraction of sp³-hybridized carbons (Fsp3) is 0.130. The van der Waals surface area contributed by atoms with E-state index in [1.807, 2.05) is 54.6 Å². The predicted octanol–water partition coefficient (Wildman–Crippen LogP) is 4.34. The van der Waals surface area contributed by atoms with E-state index in [1.165, 1.54) is 0 Å². The number of nitrogens with two attached hydrogens (primary N) is 3. The van der Waals surface area contributed by atoms with E-state index in [0.29, 0.717) is 17.9 Å². The van der Waals surface area contributed by atoms with Gasteiger partial charge in [-0.3, -0.25) is 0 Å². The quantitative estimate of drug-likeness (QED) is 0.373. The van der Waals surface area contributed by atoms with E-state index in [2.05, 4.69) is 24.0 Å². The molecule has 0 aliphatic rings. The normalized spacial score (nSPS) is 10.6. The molecule has 0 aliphatic carbocycles. The molecule has 27 heavy (non-hydrogen) atoms. The number of benzene rings is 3. The first-order valence-corrected chi connectivity index (χ1v) is 9.08. The van der Waals surface area contributed by atoms with Crippen molar-refractivity contribution in [2.24, 2.45) is 5.73 Å². The van der Waals surface area contributed by atoms with Crippen LogP contribution >= 0.6 is 0 Å². The van der Waals surface area contributed by atoms with Gasteiger partial charge in [0.2, 0.25) is 0 Å². The molecule has 4 heteroatoms. The lowest BCUT2D eigenvalue weighted by atomic mass is 9.90. The molecule has 138 valence electrons. The van der Waals surface area contributed by atoms with Gasteiger partial charge in [-0.25, -0.2) is 0 Å². The maximum atomic E-state index is 6.09. The summed E-state index contributed by atoms with van der Waals surface area (Å²) in [4.78, 5) is 0. The molecular weight excluding hydrogens is 332 g/mol. The lowest BCUT2D eigenvalue weighted by Crippen LogP contribution is -2.09. The molecule has 0 atom stereocenters. The highest BCUT2D eigenvalue weighted by Crippen LogP contribution is 2.37. The third kappa shape index (κ3) is 4.30. The van der Waals surface area contributed by atoms with Gasteiger partial charge < -0.3 is 22.5 Å². The monoisotopic (exact) mass is 358 g/mol. The molecule has 0 spiro atoms. The second kappa shape index (κ2) is 8.43. The molecule has 3 aromatic carbocycles. The number of hydrogen-bond acceptors (Lipinski definition) is 4. The Morgan fingerprint density at radius 1 is 0.852 bits per heavy atom. The first-order valence-electron chi connectivity index (χ1n) is 9.08. The SMILES string of the molecule is C=C(c1ccccc1)c1cc(N)ccc1-c1ccc(N)cc1NCCCN. The first-order chi connectivity index (χ1) is 13.1. The molecule has 0 heterocycles. The van der Waals surface area contributed by atoms with E-state index in [1.54, 1.807) is 0 Å². The van der Waals surface area contributed by atoms with E-state index in [4.69, 9.17) is 17.2 Å². The number of hydrogen-bond donors (Lipinski definition) is 4. The minimum atomic E-state index is 0.641. The lowest BCUT2D eigenvalue weighted by molar-refractivity contribution is 0.875. The van der Waals surface area contributed by atoms with Crippen molar-refractivity contribution >= 4 is 22.6 Å². The van der Waals surface area contributed by atoms with Crippen LogP contribution in [0.3, 0.4) is 0 Å². The molecule has 3 aromatic rings. The first kappa shape index (κ1) is 18.5. The molecule has 0 amide bonds. The standard InChI is InChI=1S/C23H26N4/c1-16(17-6-3-2-4-7-17)22-14-18(25)8-10-20(22)21-11-9-19(26)15-23(21)27-13-5-12-24/h2-4,6-11,14-15,27H,1,5,12-13,24-26H2. The molecule has 7 N–H and O–H groups in total. The van der Waals surface area contributed by atoms with Crippen molar-refractivity contribution in [1.82, 2.24) is 0 Å². The third-order valence-electron chi connectivity index (χ3n) is 4.52. The van der Waals surface area contributed by atoms with E-state index < -0.39 is 0 Å². The highest BCUT2D eigenvalue weighted by Gasteiger charge is 2.14. The van der Waals surface area contributed by atoms with Gasteiger partial charge in [0.25, 0.3) is 0 Å². The van der Waals surface area contributed by atoms with Gasteiger partial charge in [0.05, 0.1) is 0 Å². The van der Waals surface area contributed by atoms with Gasteiger partial charge in [0.15, 0.2) is 0 Å². The summed E-state index contributed by atoms with van der Waals surface area (Å²) in [6.45, 7) is 5.76. The molecule has 0 radical (unpaired) electrons. The van der Waals surface area contributed by atoms with E-state index >= 15 is 0 Å². The Labute approximate surface area is 160 Å². The maximum absolute atomic E-state index is 6.09. The van der Waals surface area contributed by atoms with Gasteiger partial charge in [0.1, 0.15) is 0 Å². The van der Waals surface area contributed by atoms with Crippen LogP contribution in [0.4, 0.5) is 17.1 Å². The Kier molecular flexibility index (Phi) is 5.79. The Balaban J connectivity index is 2.09. The van der Waals surface area contributed by atoms with E-state index in [9.17, 15) is 0 Å². The average molecular weight is 358 g/mol. The summed E-state index contributed by atoms with van der Waals surface area (Å²) >= 11 is 0. The number of anilines is 3. The smallest absolute Gasteiger partial charge is 0.0440 e. The average Bonchev–Trinajstić information content (AvgIpc) is 2.69. The van der Waals surface area contributed by atoms with Crippen LogP contribution in [0.25, 0.3) is 16.7 Å². The van der Waals surface area contributed by atoms with Gasteiger partial charge in [-0.1, -0.05) is 49.0 Å². The van der Waals surface area contributed by atoms with Crippen LogP contribution in [0.1, 0.15) is 17.5 Å². The largest absolute Gasteiger partial charge is 0.399 e. The van der Waals surface area contributed by atoms with Crippen molar-refractivity contribution in [2.75, 3.05) is 29.9 Å². The molecule has 0 saturated carbocycles. The molecule has 0 saturated heterocycles. The highest BCUT2D eigenvalue weighted by atomic mass is 14.9. The predicted molar refractivity (Wildman–Crippen MR) is 117 cm³/mol. The Hall–Kier alpha value is -3.24. The van der Waals surface area contributed by atoms with Gasteiger partial charge in [0, 0.05) is 29.2 Å². The Morgan fingerprint density at radius 2 is 1.52 bits per heavy atom. The second-order valence-corrected chi connectivity index (χ2v) is 6.52. The maximum Gasteiger partial charge on any atom is 0.0440 e. The molecule has 0 aliphatic heterocycles. The summed E-state index contributed by atoms with van der Waals surface area (Å²) in [7, 11) is 0. The van der Waals surface area contributed by atoms with Crippen LogP contribution in [0.2, 0.25) is 0 Å². The minimum absolute atomic E-state index is 0.641. The summed E-state index contributed by atoms with van der Waals surface area (Å²) in [6, 6.07) is 22.0. The summed E-state index contributed by atoms with van der Waals surface area (Å²) in [5, 5.41) is 3.45. The van der Waals surface area contributed by atoms with Crippen molar-refractivity contribution in [3.05, 3.63) is 84.4 Å². The number of nitrogens with one attached hydrogen (secondary N) is 1. The molecule has 0 aromatic heterocycles. The van der Waals surface area contributed by atoms with Gasteiger partial charge in [-0.05, 0) is 59.5 Å². The minimum Gasteiger partial charge on any atom is -0.399 e. The van der Waals surface area contributed by atoms with Crippen molar-refractivity contribution in [2.45, 2.75) is 6.42 Å². The van der Waals surface area contributed by atoms with Crippen LogP contribution in [0.5, 0.6) is 0 Å². The number of rotatable bonds is 7. The summed E-state index contributed by atoms with van der Waals surface area (Å²) in [6.07, 6.45) is 0.888. The lowest BCUT2D eigenvalue weighted by Gasteiger charge is -2.18. The zero-order valence-electron chi connectivity index (χ0n) is 15.4. The van der Waals surface area contributed by atoms with Crippen LogP contribution in [-0.2, 0) is 0 Å². The van der Waals surface area contributed by atoms with Crippen molar-refractivity contribution in [3.8, 4) is 11.1 Å². The van der Waals surface area contributed by atoms with Crippen LogP contribution in [0.15, 0.2) is 73.3 Å². The molecular formula is C23H26N4. The Morgan fingerprint density at radius 3 is 2.22 bits per heavy atom. The van der Waals surface area contributed by atoms with Gasteiger partial charge in [-0.15, -0.1) is 0 Å². The van der Waals surface area contributed by atoms with Gasteiger partial charge in [-0.2, -0.15) is 0 Å². The van der Waals surface area contributed by atoms with Crippen molar-refractivity contribution in [1.29, 1.82) is 0 Å². The Bertz CT molecular complexity index is 932. The summed E-state index contributed by atoms with van der Waals surface area (Å²) in [5.74, 6) is 0. The zero-order valence-corrected chi connectivity index (χ0v) is 15.4. The highest BCUT2D eigenvalue weighted by molar-refractivity contribution is 5.93. The molecule has 4 nitrogen and oxygen atoms in total. The van der Waals surface area contributed by atoms with E-state index in [-0.39, 0.29) is 0 Å². The van der Waals surface area contributed by atoms with E-state index in [0.717, 1.165) is 46.5 Å². The summed E-state index contributed by atoms with van der Waals surface area (Å²) in [5.41, 5.74) is 25.3. The van der Waals surface area contributed by atoms with Crippen molar-refractivity contribution < 1.29 is 0 Å². The fourth-order valence-electron chi connectivity index (χ4n) is 3.11. The van der Waals surface area contributed by atoms with Crippen LogP contribution < -0.4 is 22.5 Å². The second-order valence-electron chi connectivity index (χ2n) is 6.52. The molecule has 0 bridgehead atoms.